The molecule has 0 spiro atoms. The van der Waals surface area contributed by atoms with E-state index in [1.807, 2.05) is 52.0 Å². The van der Waals surface area contributed by atoms with E-state index in [1.165, 1.54) is 14.2 Å². The maximum Gasteiger partial charge on any atom is 0.305 e. The number of hydrogen-bond donors (Lipinski definition) is 2. The van der Waals surface area contributed by atoms with E-state index in [0.29, 0.717) is 40.5 Å². The standard InChI is InChI=1S/C36H38N4O5/c1-9-23-18(2)26-14-27-19(3)24(10-12-34(42)44-7)31(38-27)17-32-25(11-13-35(43)45-8)20(4)28(39-32)16-33-36(22(6)41)21(5)29(40-33)15-30(23)37-26/h9,14-17,40-41H,1,10-13H2,2-8H3/b27-14?,30-15?,32-17?,33-16?,36-22-. The average Bonchev–Trinajstić information content (AvgIpc) is 3.67. The molecule has 0 amide bonds. The van der Waals surface area contributed by atoms with E-state index in [9.17, 15) is 14.7 Å². The van der Waals surface area contributed by atoms with Crippen molar-refractivity contribution < 1.29 is 24.2 Å². The van der Waals surface area contributed by atoms with Crippen LogP contribution in [0.5, 0.6) is 0 Å². The first-order valence-corrected chi connectivity index (χ1v) is 14.9. The molecule has 9 heteroatoms. The van der Waals surface area contributed by atoms with Gasteiger partial charge in [-0.2, -0.15) is 0 Å². The number of aliphatic hydroxyl groups excluding tert-OH is 1. The molecule has 1 aromatic rings. The molecule has 0 saturated carbocycles. The number of aliphatic imine (C=N–C) groups is 3. The molecule has 2 N–H and O–H groups in total. The average molecular weight is 607 g/mol. The lowest BCUT2D eigenvalue weighted by Gasteiger charge is -2.08. The number of esters is 2. The highest BCUT2D eigenvalue weighted by atomic mass is 16.5. The van der Waals surface area contributed by atoms with Crippen LogP contribution >= 0.6 is 0 Å². The Kier molecular flexibility index (Phi) is 8.73. The Labute approximate surface area is 262 Å². The van der Waals surface area contributed by atoms with Gasteiger partial charge in [-0.1, -0.05) is 12.7 Å². The van der Waals surface area contributed by atoms with Crippen molar-refractivity contribution in [3.8, 4) is 0 Å². The number of ether oxygens (including phenoxy) is 2. The molecule has 4 aliphatic heterocycles. The minimum absolute atomic E-state index is 0.179. The van der Waals surface area contributed by atoms with Crippen LogP contribution in [0.25, 0.3) is 17.9 Å². The van der Waals surface area contributed by atoms with Gasteiger partial charge in [0.15, 0.2) is 0 Å². The van der Waals surface area contributed by atoms with Gasteiger partial charge < -0.3 is 19.6 Å². The Morgan fingerprint density at radius 3 is 2.00 bits per heavy atom. The first-order chi connectivity index (χ1) is 21.5. The van der Waals surface area contributed by atoms with Crippen molar-refractivity contribution in [3.05, 3.63) is 97.2 Å². The molecular formula is C36H38N4O5. The molecule has 1 aromatic heterocycles. The van der Waals surface area contributed by atoms with E-state index in [-0.39, 0.29) is 30.5 Å². The number of H-pyrrole nitrogens is 1. The summed E-state index contributed by atoms with van der Waals surface area (Å²) in [7, 11) is 2.76. The number of carbonyl (C=O) groups excluding carboxylic acids is 2. The first kappa shape index (κ1) is 31.4. The summed E-state index contributed by atoms with van der Waals surface area (Å²) in [6.07, 6.45) is 10.8. The number of methoxy groups -OCH3 is 2. The molecular weight excluding hydrogens is 568 g/mol. The van der Waals surface area contributed by atoms with E-state index >= 15 is 0 Å². The number of aromatic nitrogens is 1. The number of carbonyl (C=O) groups is 2. The highest BCUT2D eigenvalue weighted by Gasteiger charge is 2.27. The number of rotatable bonds is 7. The molecule has 0 aromatic carbocycles. The van der Waals surface area contributed by atoms with Crippen LogP contribution in [0, 0.1) is 6.92 Å². The van der Waals surface area contributed by atoms with Crippen LogP contribution in [-0.4, -0.2) is 53.4 Å². The van der Waals surface area contributed by atoms with E-state index in [0.717, 1.165) is 61.8 Å². The lowest BCUT2D eigenvalue weighted by Crippen LogP contribution is -2.27. The summed E-state index contributed by atoms with van der Waals surface area (Å²) < 4.78 is 9.86. The summed E-state index contributed by atoms with van der Waals surface area (Å²) >= 11 is 0. The maximum absolute atomic E-state index is 12.2. The third-order valence-corrected chi connectivity index (χ3v) is 8.69. The topological polar surface area (TPSA) is 126 Å². The Balaban J connectivity index is 1.81. The zero-order chi connectivity index (χ0) is 32.6. The summed E-state index contributed by atoms with van der Waals surface area (Å²) in [6, 6.07) is 0. The second-order valence-electron chi connectivity index (χ2n) is 11.4. The van der Waals surface area contributed by atoms with Gasteiger partial charge in [-0.05, 0) is 105 Å². The van der Waals surface area contributed by atoms with Crippen LogP contribution in [0.4, 0.5) is 0 Å². The van der Waals surface area contributed by atoms with Gasteiger partial charge in [0.25, 0.3) is 0 Å². The Bertz CT molecular complexity index is 1960. The Morgan fingerprint density at radius 2 is 1.38 bits per heavy atom. The predicted molar refractivity (Wildman–Crippen MR) is 178 cm³/mol. The molecule has 5 rings (SSSR count). The van der Waals surface area contributed by atoms with Gasteiger partial charge in [-0.3, -0.25) is 9.59 Å². The molecule has 0 aliphatic carbocycles. The van der Waals surface area contributed by atoms with Crippen molar-refractivity contribution in [3.63, 3.8) is 0 Å². The van der Waals surface area contributed by atoms with Crippen LogP contribution in [-0.2, 0) is 19.1 Å². The molecule has 45 heavy (non-hydrogen) atoms. The van der Waals surface area contributed by atoms with Crippen molar-refractivity contribution in [2.45, 2.75) is 60.3 Å². The Morgan fingerprint density at radius 1 is 0.800 bits per heavy atom. The predicted octanol–water partition coefficient (Wildman–Crippen LogP) is 5.32. The summed E-state index contributed by atoms with van der Waals surface area (Å²) in [6.45, 7) is 13.6. The number of nitrogens with one attached hydrogen (secondary N) is 1. The fourth-order valence-corrected chi connectivity index (χ4v) is 6.07. The first-order valence-electron chi connectivity index (χ1n) is 14.9. The summed E-state index contributed by atoms with van der Waals surface area (Å²) in [5, 5.41) is 12.1. The molecule has 0 unspecified atom stereocenters. The summed E-state index contributed by atoms with van der Waals surface area (Å²) in [4.78, 5) is 42.8. The van der Waals surface area contributed by atoms with E-state index in [2.05, 4.69) is 11.6 Å². The van der Waals surface area contributed by atoms with Crippen molar-refractivity contribution >= 4 is 47.0 Å². The van der Waals surface area contributed by atoms with Crippen molar-refractivity contribution in [1.82, 2.24) is 4.98 Å². The van der Waals surface area contributed by atoms with Gasteiger partial charge in [-0.15, -0.1) is 0 Å². The SMILES string of the molecule is C=CC1=C(C)C2=NC1=Cc1[nH]c(/c(=C(/C)O)c1C)=CC1=NC(=CC3=NC(=C2)C(C)=C3CCC(=O)OC)C(CCC(=O)OC)=C1C. The molecule has 232 valence electrons. The van der Waals surface area contributed by atoms with Gasteiger partial charge >= 0.3 is 11.9 Å². The van der Waals surface area contributed by atoms with E-state index < -0.39 is 0 Å². The molecule has 0 saturated heterocycles. The molecule has 0 fully saturated rings. The second-order valence-corrected chi connectivity index (χ2v) is 11.4. The van der Waals surface area contributed by atoms with Crippen LogP contribution in [0.3, 0.4) is 0 Å². The van der Waals surface area contributed by atoms with Gasteiger partial charge in [0, 0.05) is 29.3 Å². The minimum atomic E-state index is -0.313. The normalized spacial score (nSPS) is 18.1. The quantitative estimate of drug-likeness (QED) is 0.407. The molecule has 0 atom stereocenters. The highest BCUT2D eigenvalue weighted by molar-refractivity contribution is 6.24. The van der Waals surface area contributed by atoms with E-state index in [1.54, 1.807) is 13.0 Å². The van der Waals surface area contributed by atoms with Gasteiger partial charge in [-0.25, -0.2) is 15.0 Å². The molecule has 0 radical (unpaired) electrons. The zero-order valence-corrected chi connectivity index (χ0v) is 26.8. The smallest absolute Gasteiger partial charge is 0.305 e. The lowest BCUT2D eigenvalue weighted by molar-refractivity contribution is -0.141. The number of aliphatic hydroxyl groups is 1. The molecule has 5 heterocycles. The highest BCUT2D eigenvalue weighted by Crippen LogP contribution is 2.36. The largest absolute Gasteiger partial charge is 0.512 e. The minimum Gasteiger partial charge on any atom is -0.512 e. The third-order valence-electron chi connectivity index (χ3n) is 8.69. The van der Waals surface area contributed by atoms with Gasteiger partial charge in [0.2, 0.25) is 0 Å². The fourth-order valence-electron chi connectivity index (χ4n) is 6.07. The zero-order valence-electron chi connectivity index (χ0n) is 26.8. The fraction of sp³-hybridized carbons (Fsp3) is 0.306. The summed E-state index contributed by atoms with van der Waals surface area (Å²) in [5.74, 6) is -0.440. The van der Waals surface area contributed by atoms with E-state index in [4.69, 9.17) is 24.5 Å². The maximum atomic E-state index is 12.2. The number of fused-ring (bicyclic) bond motifs is 5. The molecule has 9 nitrogen and oxygen atoms in total. The third kappa shape index (κ3) is 5.90. The van der Waals surface area contributed by atoms with Crippen molar-refractivity contribution in [2.24, 2.45) is 15.0 Å². The van der Waals surface area contributed by atoms with Crippen LogP contribution in [0.15, 0.2) is 90.3 Å². The molecule has 8 bridgehead atoms. The lowest BCUT2D eigenvalue weighted by atomic mass is 9.96. The monoisotopic (exact) mass is 606 g/mol. The van der Waals surface area contributed by atoms with Gasteiger partial charge in [0.1, 0.15) is 0 Å². The van der Waals surface area contributed by atoms with Crippen LogP contribution < -0.4 is 10.6 Å². The van der Waals surface area contributed by atoms with Crippen molar-refractivity contribution in [1.29, 1.82) is 0 Å². The number of hydrogen-bond acceptors (Lipinski definition) is 8. The van der Waals surface area contributed by atoms with Crippen molar-refractivity contribution in [2.75, 3.05) is 14.2 Å². The molecule has 4 aliphatic rings. The van der Waals surface area contributed by atoms with Crippen LogP contribution in [0.1, 0.15) is 64.6 Å². The van der Waals surface area contributed by atoms with Gasteiger partial charge in [0.05, 0.1) is 59.6 Å². The Hall–Kier alpha value is -5.05. The number of aromatic amines is 1. The summed E-state index contributed by atoms with van der Waals surface area (Å²) in [5.41, 5.74) is 11.5. The number of nitrogens with zero attached hydrogens (tertiary/aromatic N) is 3. The number of allylic oxidation sites excluding steroid dienone is 8. The van der Waals surface area contributed by atoms with Crippen LogP contribution in [0.2, 0.25) is 0 Å². The second kappa shape index (κ2) is 12.5.